The molecule has 1 saturated heterocycles. The fourth-order valence-electron chi connectivity index (χ4n) is 2.72. The van der Waals surface area contributed by atoms with Crippen LogP contribution in [-0.2, 0) is 4.74 Å². The quantitative estimate of drug-likeness (QED) is 0.893. The van der Waals surface area contributed by atoms with E-state index in [0.29, 0.717) is 12.0 Å². The molecule has 1 aliphatic heterocycles. The molecule has 1 aromatic rings. The SMILES string of the molecule is CC(C)c1ccccc1NCC1CN(C(C)C)CCO1. The average molecular weight is 276 g/mol. The van der Waals surface area contributed by atoms with Gasteiger partial charge >= 0.3 is 0 Å². The maximum absolute atomic E-state index is 5.88. The van der Waals surface area contributed by atoms with E-state index in [1.54, 1.807) is 0 Å². The number of benzene rings is 1. The second kappa shape index (κ2) is 7.09. The molecule has 0 radical (unpaired) electrons. The first kappa shape index (κ1) is 15.3. The molecule has 1 heterocycles. The summed E-state index contributed by atoms with van der Waals surface area (Å²) in [7, 11) is 0. The standard InChI is InChI=1S/C17H28N2O/c1-13(2)16-7-5-6-8-17(16)18-11-15-12-19(14(3)4)9-10-20-15/h5-8,13-15,18H,9-12H2,1-4H3. The highest BCUT2D eigenvalue weighted by Gasteiger charge is 2.22. The van der Waals surface area contributed by atoms with E-state index in [-0.39, 0.29) is 6.10 Å². The summed E-state index contributed by atoms with van der Waals surface area (Å²) in [5, 5.41) is 3.57. The molecule has 3 nitrogen and oxygen atoms in total. The van der Waals surface area contributed by atoms with Crippen LogP contribution >= 0.6 is 0 Å². The van der Waals surface area contributed by atoms with E-state index in [2.05, 4.69) is 62.2 Å². The molecule has 1 unspecified atom stereocenters. The summed E-state index contributed by atoms with van der Waals surface area (Å²) in [4.78, 5) is 2.49. The first-order valence-electron chi connectivity index (χ1n) is 7.76. The molecule has 20 heavy (non-hydrogen) atoms. The van der Waals surface area contributed by atoms with E-state index in [9.17, 15) is 0 Å². The summed E-state index contributed by atoms with van der Waals surface area (Å²) in [6, 6.07) is 9.17. The van der Waals surface area contributed by atoms with Crippen LogP contribution in [0.4, 0.5) is 5.69 Å². The van der Waals surface area contributed by atoms with Crippen molar-refractivity contribution in [2.45, 2.75) is 45.8 Å². The van der Waals surface area contributed by atoms with Crippen molar-refractivity contribution in [3.05, 3.63) is 29.8 Å². The minimum absolute atomic E-state index is 0.284. The van der Waals surface area contributed by atoms with E-state index in [0.717, 1.165) is 26.2 Å². The van der Waals surface area contributed by atoms with Crippen molar-refractivity contribution in [1.29, 1.82) is 0 Å². The molecule has 1 N–H and O–H groups in total. The minimum atomic E-state index is 0.284. The lowest BCUT2D eigenvalue weighted by Crippen LogP contribution is -2.48. The van der Waals surface area contributed by atoms with Crippen molar-refractivity contribution in [2.75, 3.05) is 31.6 Å². The third-order valence-electron chi connectivity index (χ3n) is 4.00. The molecule has 1 fully saturated rings. The highest BCUT2D eigenvalue weighted by Crippen LogP contribution is 2.23. The summed E-state index contributed by atoms with van der Waals surface area (Å²) < 4.78 is 5.88. The smallest absolute Gasteiger partial charge is 0.0874 e. The number of hydrogen-bond acceptors (Lipinski definition) is 3. The van der Waals surface area contributed by atoms with Gasteiger partial charge in [-0.05, 0) is 31.4 Å². The van der Waals surface area contributed by atoms with Gasteiger partial charge in [-0.2, -0.15) is 0 Å². The van der Waals surface area contributed by atoms with Crippen LogP contribution in [0.5, 0.6) is 0 Å². The Kier molecular flexibility index (Phi) is 5.44. The predicted molar refractivity (Wildman–Crippen MR) is 85.5 cm³/mol. The molecule has 0 saturated carbocycles. The van der Waals surface area contributed by atoms with Gasteiger partial charge in [0, 0.05) is 31.4 Å². The Bertz CT molecular complexity index is 417. The van der Waals surface area contributed by atoms with Crippen LogP contribution in [0.1, 0.15) is 39.2 Å². The monoisotopic (exact) mass is 276 g/mol. The Morgan fingerprint density at radius 1 is 1.25 bits per heavy atom. The van der Waals surface area contributed by atoms with Gasteiger partial charge in [-0.3, -0.25) is 4.90 Å². The summed E-state index contributed by atoms with van der Waals surface area (Å²) in [6.45, 7) is 12.8. The van der Waals surface area contributed by atoms with Gasteiger partial charge in [-0.1, -0.05) is 32.0 Å². The summed E-state index contributed by atoms with van der Waals surface area (Å²) in [5.41, 5.74) is 2.62. The molecule has 112 valence electrons. The third-order valence-corrected chi connectivity index (χ3v) is 4.00. The molecule has 0 bridgehead atoms. The largest absolute Gasteiger partial charge is 0.382 e. The van der Waals surface area contributed by atoms with Crippen molar-refractivity contribution >= 4 is 5.69 Å². The van der Waals surface area contributed by atoms with Gasteiger partial charge in [0.2, 0.25) is 0 Å². The number of ether oxygens (including phenoxy) is 1. The Morgan fingerprint density at radius 2 is 2.00 bits per heavy atom. The van der Waals surface area contributed by atoms with Crippen LogP contribution in [-0.4, -0.2) is 43.3 Å². The lowest BCUT2D eigenvalue weighted by molar-refractivity contribution is -0.0315. The maximum atomic E-state index is 5.88. The summed E-state index contributed by atoms with van der Waals surface area (Å²) >= 11 is 0. The molecule has 0 aliphatic carbocycles. The normalized spacial score (nSPS) is 20.6. The van der Waals surface area contributed by atoms with Gasteiger partial charge in [0.15, 0.2) is 0 Å². The number of rotatable bonds is 5. The fourth-order valence-corrected chi connectivity index (χ4v) is 2.72. The van der Waals surface area contributed by atoms with Gasteiger partial charge in [0.05, 0.1) is 12.7 Å². The number of nitrogens with one attached hydrogen (secondary N) is 1. The maximum Gasteiger partial charge on any atom is 0.0874 e. The lowest BCUT2D eigenvalue weighted by Gasteiger charge is -2.35. The topological polar surface area (TPSA) is 24.5 Å². The first-order valence-corrected chi connectivity index (χ1v) is 7.76. The number of anilines is 1. The van der Waals surface area contributed by atoms with Crippen molar-refractivity contribution in [3.63, 3.8) is 0 Å². The molecular weight excluding hydrogens is 248 g/mol. The van der Waals surface area contributed by atoms with Crippen LogP contribution < -0.4 is 5.32 Å². The highest BCUT2D eigenvalue weighted by molar-refractivity contribution is 5.52. The van der Waals surface area contributed by atoms with Crippen LogP contribution in [0.15, 0.2) is 24.3 Å². The van der Waals surface area contributed by atoms with Gasteiger partial charge in [-0.15, -0.1) is 0 Å². The molecule has 0 amide bonds. The zero-order chi connectivity index (χ0) is 14.5. The summed E-state index contributed by atoms with van der Waals surface area (Å²) in [6.07, 6.45) is 0.284. The third kappa shape index (κ3) is 3.97. The second-order valence-corrected chi connectivity index (χ2v) is 6.20. The van der Waals surface area contributed by atoms with Crippen LogP contribution in [0.3, 0.4) is 0 Å². The van der Waals surface area contributed by atoms with Crippen molar-refractivity contribution in [2.24, 2.45) is 0 Å². The molecule has 1 aliphatic rings. The van der Waals surface area contributed by atoms with Crippen LogP contribution in [0, 0.1) is 0 Å². The summed E-state index contributed by atoms with van der Waals surface area (Å²) in [5.74, 6) is 0.540. The molecule has 1 aromatic carbocycles. The molecule has 0 aromatic heterocycles. The number of para-hydroxylation sites is 1. The fraction of sp³-hybridized carbons (Fsp3) is 0.647. The van der Waals surface area contributed by atoms with Gasteiger partial charge in [-0.25, -0.2) is 0 Å². The Balaban J connectivity index is 1.92. The minimum Gasteiger partial charge on any atom is -0.382 e. The zero-order valence-electron chi connectivity index (χ0n) is 13.2. The molecule has 0 spiro atoms. The van der Waals surface area contributed by atoms with Crippen molar-refractivity contribution in [3.8, 4) is 0 Å². The number of hydrogen-bond donors (Lipinski definition) is 1. The number of morpholine rings is 1. The Hall–Kier alpha value is -1.06. The van der Waals surface area contributed by atoms with Crippen molar-refractivity contribution < 1.29 is 4.74 Å². The van der Waals surface area contributed by atoms with E-state index >= 15 is 0 Å². The lowest BCUT2D eigenvalue weighted by atomic mass is 10.0. The van der Waals surface area contributed by atoms with Gasteiger partial charge in [0.25, 0.3) is 0 Å². The van der Waals surface area contributed by atoms with E-state index < -0.39 is 0 Å². The first-order chi connectivity index (χ1) is 9.58. The van der Waals surface area contributed by atoms with Crippen molar-refractivity contribution in [1.82, 2.24) is 4.90 Å². The van der Waals surface area contributed by atoms with Gasteiger partial charge in [0.1, 0.15) is 0 Å². The van der Waals surface area contributed by atoms with E-state index in [1.165, 1.54) is 11.3 Å². The average Bonchev–Trinajstić information content (AvgIpc) is 2.45. The van der Waals surface area contributed by atoms with E-state index in [1.807, 2.05) is 0 Å². The number of nitrogens with zero attached hydrogens (tertiary/aromatic N) is 1. The second-order valence-electron chi connectivity index (χ2n) is 6.20. The van der Waals surface area contributed by atoms with Crippen LogP contribution in [0.2, 0.25) is 0 Å². The molecule has 3 heteroatoms. The van der Waals surface area contributed by atoms with Crippen LogP contribution in [0.25, 0.3) is 0 Å². The Morgan fingerprint density at radius 3 is 2.70 bits per heavy atom. The molecular formula is C17H28N2O. The highest BCUT2D eigenvalue weighted by atomic mass is 16.5. The predicted octanol–water partition coefficient (Wildman–Crippen LogP) is 3.33. The zero-order valence-corrected chi connectivity index (χ0v) is 13.2. The van der Waals surface area contributed by atoms with Gasteiger partial charge < -0.3 is 10.1 Å². The van der Waals surface area contributed by atoms with E-state index in [4.69, 9.17) is 4.74 Å². The molecule has 1 atom stereocenters. The molecule has 2 rings (SSSR count). The Labute approximate surface area is 123 Å².